The largest absolute Gasteiger partial charge is 0.490 e. The summed E-state index contributed by atoms with van der Waals surface area (Å²) in [4.78, 5) is 80.1. The number of nitriles is 1. The molecule has 2 aromatic carbocycles. The lowest BCUT2D eigenvalue weighted by Crippen LogP contribution is -2.54. The number of aromatic nitrogens is 2. The molecule has 15 nitrogen and oxygen atoms in total. The van der Waals surface area contributed by atoms with Crippen LogP contribution in [0.5, 0.6) is 5.75 Å². The van der Waals surface area contributed by atoms with Crippen LogP contribution >= 0.6 is 11.6 Å². The van der Waals surface area contributed by atoms with Gasteiger partial charge in [-0.15, -0.1) is 0 Å². The van der Waals surface area contributed by atoms with Crippen LogP contribution < -0.4 is 25.2 Å². The third-order valence-corrected chi connectivity index (χ3v) is 13.3. The number of carbonyl (C=O) groups excluding carboxylic acids is 5. The van der Waals surface area contributed by atoms with Gasteiger partial charge in [-0.1, -0.05) is 11.6 Å². The molecule has 3 saturated heterocycles. The third kappa shape index (κ3) is 7.46. The van der Waals surface area contributed by atoms with Crippen molar-refractivity contribution in [2.75, 3.05) is 49.1 Å². The lowest BCUT2D eigenvalue weighted by atomic mass is 9.93. The van der Waals surface area contributed by atoms with Crippen molar-refractivity contribution in [2.45, 2.75) is 69.7 Å². The Hall–Kier alpha value is -5.66. The van der Waals surface area contributed by atoms with Gasteiger partial charge in [0.25, 0.3) is 17.7 Å². The van der Waals surface area contributed by atoms with E-state index >= 15 is 4.39 Å². The van der Waals surface area contributed by atoms with Gasteiger partial charge in [0.1, 0.15) is 35.2 Å². The van der Waals surface area contributed by atoms with Crippen LogP contribution in [-0.2, 0) is 9.59 Å². The van der Waals surface area contributed by atoms with E-state index in [-0.39, 0.29) is 59.4 Å². The van der Waals surface area contributed by atoms with Crippen molar-refractivity contribution in [2.24, 2.45) is 17.8 Å². The van der Waals surface area contributed by atoms with Gasteiger partial charge in [0, 0.05) is 63.8 Å². The number of hydrogen-bond donors (Lipinski definition) is 2. The number of fused-ring (bicyclic) bond motifs is 2. The van der Waals surface area contributed by atoms with Gasteiger partial charge in [-0.05, 0) is 81.0 Å². The van der Waals surface area contributed by atoms with Crippen LogP contribution in [0.25, 0.3) is 0 Å². The second kappa shape index (κ2) is 15.5. The van der Waals surface area contributed by atoms with Crippen molar-refractivity contribution in [3.05, 3.63) is 75.9 Å². The van der Waals surface area contributed by atoms with Crippen molar-refractivity contribution in [1.82, 2.24) is 30.4 Å². The summed E-state index contributed by atoms with van der Waals surface area (Å²) in [5.41, 5.74) is 0.984. The van der Waals surface area contributed by atoms with Gasteiger partial charge >= 0.3 is 0 Å². The lowest BCUT2D eigenvalue weighted by molar-refractivity contribution is -0.136. The van der Waals surface area contributed by atoms with E-state index in [1.165, 1.54) is 12.3 Å². The highest BCUT2D eigenvalue weighted by atomic mass is 35.5. The van der Waals surface area contributed by atoms with E-state index in [1.807, 2.05) is 11.0 Å². The van der Waals surface area contributed by atoms with Crippen LogP contribution in [0.3, 0.4) is 0 Å². The summed E-state index contributed by atoms with van der Waals surface area (Å²) in [6.07, 6.45) is 6.34. The minimum absolute atomic E-state index is 0.00323. The van der Waals surface area contributed by atoms with E-state index < -0.39 is 35.5 Å². The van der Waals surface area contributed by atoms with Crippen molar-refractivity contribution < 1.29 is 33.1 Å². The van der Waals surface area contributed by atoms with Crippen LogP contribution in [0.15, 0.2) is 42.7 Å². The first-order valence-electron chi connectivity index (χ1n) is 20.2. The molecule has 0 radical (unpaired) electrons. The predicted octanol–water partition coefficient (Wildman–Crippen LogP) is 3.55. The Labute approximate surface area is 344 Å². The van der Waals surface area contributed by atoms with Gasteiger partial charge in [0.2, 0.25) is 11.8 Å². The maximum Gasteiger partial charge on any atom is 0.271 e. The molecule has 5 heterocycles. The standard InChI is InChI=1S/C42H43ClFN9O6/c1-22-18-51(37-17-46-34(16-47-37)39(55)48-24-3-6-25(7-4-24)59-26-5-2-23(15-45)32(43)12-26)11-10-50(22)19-29-30-20-52(21-31(29)30)36-14-28-27(13-33(36)44)41(57)53(42(28)58)35-8-9-38(54)49-40(35)56/h2,5,12-14,16-17,22,24-25,29-31,35H,3-4,6-11,18-21H2,1H3,(H,48,55)(H,49,54,56)/t22-,24-,25-,29?,30-,31+,35?/m0/s1. The van der Waals surface area contributed by atoms with Crippen molar-refractivity contribution in [3.8, 4) is 11.8 Å². The van der Waals surface area contributed by atoms with E-state index in [4.69, 9.17) is 21.6 Å². The monoisotopic (exact) mass is 823 g/mol. The molecule has 5 fully saturated rings. The first-order chi connectivity index (χ1) is 28.4. The van der Waals surface area contributed by atoms with Crippen molar-refractivity contribution in [1.29, 1.82) is 5.26 Å². The van der Waals surface area contributed by atoms with Crippen LogP contribution in [0, 0.1) is 34.9 Å². The first-order valence-corrected chi connectivity index (χ1v) is 20.6. The van der Waals surface area contributed by atoms with Crippen LogP contribution in [0.1, 0.15) is 82.2 Å². The number of benzene rings is 2. The Bertz CT molecular complexity index is 2270. The molecular formula is C42H43ClFN9O6. The summed E-state index contributed by atoms with van der Waals surface area (Å²) < 4.78 is 21.6. The number of amides is 5. The molecule has 59 heavy (non-hydrogen) atoms. The molecule has 17 heteroatoms. The number of rotatable bonds is 9. The molecule has 5 atom stereocenters. The SMILES string of the molecule is C[C@H]1CN(c2cnc(C(=O)N[C@H]3CC[C@H](Oc4ccc(C#N)c(Cl)c4)CC3)cn2)CCN1CC1[C@H]2CN(c3cc4c(cc3F)C(=O)N(C3CCC(=O)NC3=O)C4=O)C[C@@H]12. The molecule has 2 unspecified atom stereocenters. The molecule has 0 spiro atoms. The third-order valence-electron chi connectivity index (χ3n) is 13.0. The Kier molecular flexibility index (Phi) is 10.2. The highest BCUT2D eigenvalue weighted by Crippen LogP contribution is 2.53. The number of halogens is 2. The average Bonchev–Trinajstić information content (AvgIpc) is 3.53. The minimum atomic E-state index is -1.10. The van der Waals surface area contributed by atoms with Gasteiger partial charge in [-0.2, -0.15) is 5.26 Å². The summed E-state index contributed by atoms with van der Waals surface area (Å²) in [5.74, 6) is -0.724. The number of hydrogen-bond acceptors (Lipinski definition) is 12. The highest BCUT2D eigenvalue weighted by molar-refractivity contribution is 6.31. The second-order valence-corrected chi connectivity index (χ2v) is 17.0. The Balaban J connectivity index is 0.725. The number of piperazine rings is 1. The molecule has 2 N–H and O–H groups in total. The summed E-state index contributed by atoms with van der Waals surface area (Å²) in [6, 6.07) is 8.82. The molecule has 2 aliphatic carbocycles. The summed E-state index contributed by atoms with van der Waals surface area (Å²) in [7, 11) is 0. The van der Waals surface area contributed by atoms with Crippen LogP contribution in [-0.4, -0.2) is 113 Å². The van der Waals surface area contributed by atoms with E-state index in [0.29, 0.717) is 47.2 Å². The molecule has 3 aromatic rings. The fourth-order valence-electron chi connectivity index (χ4n) is 9.62. The van der Waals surface area contributed by atoms with E-state index in [0.717, 1.165) is 68.6 Å². The number of carbonyl (C=O) groups is 5. The number of piperidine rings is 2. The zero-order chi connectivity index (χ0) is 41.1. The maximum absolute atomic E-state index is 15.5. The van der Waals surface area contributed by atoms with Gasteiger partial charge in [0.15, 0.2) is 0 Å². The fourth-order valence-corrected chi connectivity index (χ4v) is 9.83. The van der Waals surface area contributed by atoms with Gasteiger partial charge < -0.3 is 19.9 Å². The van der Waals surface area contributed by atoms with Gasteiger partial charge in [-0.3, -0.25) is 39.1 Å². The van der Waals surface area contributed by atoms with E-state index in [2.05, 4.69) is 37.3 Å². The number of ether oxygens (including phenoxy) is 1. The zero-order valence-corrected chi connectivity index (χ0v) is 33.2. The summed E-state index contributed by atoms with van der Waals surface area (Å²) >= 11 is 6.14. The molecule has 2 saturated carbocycles. The molecule has 4 aliphatic heterocycles. The molecule has 306 valence electrons. The maximum atomic E-state index is 15.5. The van der Waals surface area contributed by atoms with Crippen LogP contribution in [0.2, 0.25) is 5.02 Å². The molecule has 9 rings (SSSR count). The van der Waals surface area contributed by atoms with E-state index in [1.54, 1.807) is 24.4 Å². The predicted molar refractivity (Wildman–Crippen MR) is 211 cm³/mol. The van der Waals surface area contributed by atoms with Gasteiger partial charge in [0.05, 0.1) is 45.9 Å². The Morgan fingerprint density at radius 2 is 1.71 bits per heavy atom. The van der Waals surface area contributed by atoms with Crippen molar-refractivity contribution in [3.63, 3.8) is 0 Å². The van der Waals surface area contributed by atoms with E-state index in [9.17, 15) is 24.0 Å². The first kappa shape index (κ1) is 38.8. The van der Waals surface area contributed by atoms with Gasteiger partial charge in [-0.25, -0.2) is 14.4 Å². The number of nitrogens with zero attached hydrogens (tertiary/aromatic N) is 7. The average molecular weight is 824 g/mol. The Morgan fingerprint density at radius 3 is 2.37 bits per heavy atom. The highest BCUT2D eigenvalue weighted by Gasteiger charge is 2.57. The smallest absolute Gasteiger partial charge is 0.271 e. The van der Waals surface area contributed by atoms with Crippen LogP contribution in [0.4, 0.5) is 15.9 Å². The number of nitrogens with one attached hydrogen (secondary N) is 2. The summed E-state index contributed by atoms with van der Waals surface area (Å²) in [5, 5.41) is 14.7. The second-order valence-electron chi connectivity index (χ2n) is 16.6. The lowest BCUT2D eigenvalue weighted by Gasteiger charge is -2.40. The zero-order valence-electron chi connectivity index (χ0n) is 32.4. The molecular weight excluding hydrogens is 781 g/mol. The Morgan fingerprint density at radius 1 is 0.966 bits per heavy atom. The topological polar surface area (TPSA) is 181 Å². The summed E-state index contributed by atoms with van der Waals surface area (Å²) in [6.45, 7) is 6.80. The van der Waals surface area contributed by atoms with Crippen molar-refractivity contribution >= 4 is 52.6 Å². The fraction of sp³-hybridized carbons (Fsp3) is 0.476. The minimum Gasteiger partial charge on any atom is -0.490 e. The molecule has 1 aromatic heterocycles. The quantitative estimate of drug-likeness (QED) is 0.300. The molecule has 5 amide bonds. The normalized spacial score (nSPS) is 27.9. The number of anilines is 2. The molecule has 0 bridgehead atoms. The molecule has 6 aliphatic rings. The number of imide groups is 2.